The van der Waals surface area contributed by atoms with Crippen molar-refractivity contribution in [1.29, 1.82) is 0 Å². The van der Waals surface area contributed by atoms with Crippen molar-refractivity contribution in [3.8, 4) is 0 Å². The first-order valence-electron chi connectivity index (χ1n) is 5.84. The minimum absolute atomic E-state index is 0.126. The van der Waals surface area contributed by atoms with E-state index in [0.29, 0.717) is 11.3 Å². The molecular formula is C11H19BO3. The first-order chi connectivity index (χ1) is 6.98. The first kappa shape index (κ1) is 10.1. The Labute approximate surface area is 91.6 Å². The van der Waals surface area contributed by atoms with E-state index >= 15 is 0 Å². The predicted molar refractivity (Wildman–Crippen MR) is 57.1 cm³/mol. The normalized spacial score (nSPS) is 51.2. The zero-order chi connectivity index (χ0) is 10.8. The fraction of sp³-hybridized carbons (Fsp3) is 1.00. The quantitative estimate of drug-likeness (QED) is 0.618. The lowest BCUT2D eigenvalue weighted by Gasteiger charge is -2.64. The highest BCUT2D eigenvalue weighted by molar-refractivity contribution is 6.37. The average molecular weight is 210 g/mol. The number of rotatable bonds is 1. The Morgan fingerprint density at radius 1 is 1.27 bits per heavy atom. The molecule has 3 saturated carbocycles. The molecule has 1 saturated heterocycles. The van der Waals surface area contributed by atoms with Crippen LogP contribution in [0.3, 0.4) is 0 Å². The molecule has 4 fully saturated rings. The first-order valence-corrected chi connectivity index (χ1v) is 5.84. The molecule has 1 heterocycles. The van der Waals surface area contributed by atoms with Gasteiger partial charge in [-0.25, -0.2) is 0 Å². The Bertz CT molecular complexity index is 294. The highest BCUT2D eigenvalue weighted by atomic mass is 16.8. The molecule has 0 aromatic heterocycles. The third-order valence-corrected chi connectivity index (χ3v) is 5.12. The second kappa shape index (κ2) is 2.79. The molecule has 1 aliphatic heterocycles. The van der Waals surface area contributed by atoms with E-state index in [2.05, 4.69) is 20.8 Å². The van der Waals surface area contributed by atoms with Crippen LogP contribution in [0.2, 0.25) is 0 Å². The summed E-state index contributed by atoms with van der Waals surface area (Å²) in [7, 11) is 1.19. The van der Waals surface area contributed by atoms with Gasteiger partial charge < -0.3 is 14.0 Å². The van der Waals surface area contributed by atoms with Crippen molar-refractivity contribution in [3.63, 3.8) is 0 Å². The van der Waals surface area contributed by atoms with Gasteiger partial charge in [0.05, 0.1) is 11.7 Å². The van der Waals surface area contributed by atoms with Gasteiger partial charge in [0.2, 0.25) is 0 Å². The molecule has 1 unspecified atom stereocenters. The smallest absolute Gasteiger partial charge is 0.389 e. The second-order valence-electron chi connectivity index (χ2n) is 5.99. The molecule has 3 nitrogen and oxygen atoms in total. The zero-order valence-electron chi connectivity index (χ0n) is 9.95. The molecule has 0 aromatic carbocycles. The molecule has 3 aliphatic carbocycles. The second-order valence-corrected chi connectivity index (χ2v) is 5.99. The van der Waals surface area contributed by atoms with Crippen molar-refractivity contribution < 1.29 is 14.0 Å². The zero-order valence-corrected chi connectivity index (χ0v) is 9.95. The van der Waals surface area contributed by atoms with Crippen molar-refractivity contribution in [2.75, 3.05) is 7.11 Å². The summed E-state index contributed by atoms with van der Waals surface area (Å²) in [6, 6.07) is 0. The average Bonchev–Trinajstić information content (AvgIpc) is 2.53. The van der Waals surface area contributed by atoms with Crippen LogP contribution in [-0.4, -0.2) is 26.1 Å². The van der Waals surface area contributed by atoms with Crippen LogP contribution >= 0.6 is 0 Å². The summed E-state index contributed by atoms with van der Waals surface area (Å²) < 4.78 is 16.9. The molecule has 4 atom stereocenters. The summed E-state index contributed by atoms with van der Waals surface area (Å²) in [5.41, 5.74) is 0.288. The molecule has 4 aliphatic rings. The molecule has 0 amide bonds. The van der Waals surface area contributed by atoms with Crippen LogP contribution in [0.1, 0.15) is 33.6 Å². The maximum Gasteiger partial charge on any atom is 0.640 e. The van der Waals surface area contributed by atoms with Gasteiger partial charge in [0.1, 0.15) is 0 Å². The van der Waals surface area contributed by atoms with Gasteiger partial charge in [0.15, 0.2) is 0 Å². The van der Waals surface area contributed by atoms with Gasteiger partial charge in [0, 0.05) is 7.11 Å². The summed E-state index contributed by atoms with van der Waals surface area (Å²) in [5, 5.41) is 0. The maximum absolute atomic E-state index is 5.94. The van der Waals surface area contributed by atoms with Gasteiger partial charge in [-0.05, 0) is 37.0 Å². The van der Waals surface area contributed by atoms with Crippen LogP contribution in [0.4, 0.5) is 0 Å². The molecule has 0 radical (unpaired) electrons. The van der Waals surface area contributed by atoms with Crippen molar-refractivity contribution in [3.05, 3.63) is 0 Å². The van der Waals surface area contributed by atoms with E-state index in [1.165, 1.54) is 6.42 Å². The summed E-state index contributed by atoms with van der Waals surface area (Å²) in [6.07, 6.45) is 2.65. The minimum Gasteiger partial charge on any atom is -0.389 e. The lowest BCUT2D eigenvalue weighted by atomic mass is 9.43. The van der Waals surface area contributed by atoms with Crippen molar-refractivity contribution in [2.24, 2.45) is 17.3 Å². The highest BCUT2D eigenvalue weighted by Crippen LogP contribution is 2.65. The highest BCUT2D eigenvalue weighted by Gasteiger charge is 2.68. The van der Waals surface area contributed by atoms with Gasteiger partial charge in [-0.2, -0.15) is 0 Å². The molecule has 0 N–H and O–H groups in total. The Kier molecular flexibility index (Phi) is 1.88. The molecule has 15 heavy (non-hydrogen) atoms. The Hall–Kier alpha value is -0.0551. The van der Waals surface area contributed by atoms with Crippen molar-refractivity contribution in [2.45, 2.75) is 45.3 Å². The van der Waals surface area contributed by atoms with E-state index in [1.54, 1.807) is 7.11 Å². The van der Waals surface area contributed by atoms with Gasteiger partial charge in [-0.1, -0.05) is 13.8 Å². The van der Waals surface area contributed by atoms with Crippen LogP contribution in [0, 0.1) is 17.3 Å². The standard InChI is InChI=1S/C11H19BO3/c1-10(2)7-5-8(10)11(3)9(6-7)14-12(13-4)15-11/h7-9H,5-6H2,1-4H3/t7-,8-,9?,11+/m1/s1. The number of hydrogen-bond donors (Lipinski definition) is 0. The van der Waals surface area contributed by atoms with Gasteiger partial charge in [-0.3, -0.25) is 0 Å². The summed E-state index contributed by atoms with van der Waals surface area (Å²) in [6.45, 7) is 6.91. The van der Waals surface area contributed by atoms with Crippen LogP contribution in [-0.2, 0) is 14.0 Å². The summed E-state index contributed by atoms with van der Waals surface area (Å²) in [4.78, 5) is 0. The Morgan fingerprint density at radius 3 is 2.60 bits per heavy atom. The third kappa shape index (κ3) is 1.08. The lowest BCUT2D eigenvalue weighted by molar-refractivity contribution is -0.199. The SMILES string of the molecule is COB1OC2C[C@H]3C[C@H](C3(C)C)[C@]2(C)O1. The Morgan fingerprint density at radius 2 is 2.00 bits per heavy atom. The molecular weight excluding hydrogens is 191 g/mol. The van der Waals surface area contributed by atoms with Crippen LogP contribution in [0.25, 0.3) is 0 Å². The largest absolute Gasteiger partial charge is 0.640 e. The number of hydrogen-bond acceptors (Lipinski definition) is 3. The predicted octanol–water partition coefficient (Wildman–Crippen LogP) is 1.86. The summed E-state index contributed by atoms with van der Waals surface area (Å²) >= 11 is 0. The maximum atomic E-state index is 5.94. The van der Waals surface area contributed by atoms with Gasteiger partial charge in [-0.15, -0.1) is 0 Å². The molecule has 0 aromatic rings. The van der Waals surface area contributed by atoms with Gasteiger partial charge >= 0.3 is 7.32 Å². The minimum atomic E-state index is -0.449. The molecule has 84 valence electrons. The van der Waals surface area contributed by atoms with Crippen LogP contribution in [0.5, 0.6) is 0 Å². The van der Waals surface area contributed by atoms with E-state index in [-0.39, 0.29) is 11.7 Å². The monoisotopic (exact) mass is 210 g/mol. The fourth-order valence-corrected chi connectivity index (χ4v) is 3.93. The van der Waals surface area contributed by atoms with E-state index in [4.69, 9.17) is 14.0 Å². The molecule has 4 rings (SSSR count). The lowest BCUT2D eigenvalue weighted by Crippen LogP contribution is -2.65. The van der Waals surface area contributed by atoms with Crippen molar-refractivity contribution >= 4 is 7.32 Å². The molecule has 2 bridgehead atoms. The molecule has 0 spiro atoms. The van der Waals surface area contributed by atoms with E-state index in [9.17, 15) is 0 Å². The summed E-state index contributed by atoms with van der Waals surface area (Å²) in [5.74, 6) is 1.42. The Balaban J connectivity index is 1.89. The van der Waals surface area contributed by atoms with Crippen LogP contribution < -0.4 is 0 Å². The molecule has 4 heteroatoms. The van der Waals surface area contributed by atoms with E-state index < -0.39 is 7.32 Å². The van der Waals surface area contributed by atoms with Crippen molar-refractivity contribution in [1.82, 2.24) is 0 Å². The third-order valence-electron chi connectivity index (χ3n) is 5.12. The van der Waals surface area contributed by atoms with E-state index in [0.717, 1.165) is 12.3 Å². The van der Waals surface area contributed by atoms with E-state index in [1.807, 2.05) is 0 Å². The van der Waals surface area contributed by atoms with Crippen LogP contribution in [0.15, 0.2) is 0 Å². The van der Waals surface area contributed by atoms with Gasteiger partial charge in [0.25, 0.3) is 0 Å². The fourth-order valence-electron chi connectivity index (χ4n) is 3.93. The topological polar surface area (TPSA) is 27.7 Å².